The zero-order valence-corrected chi connectivity index (χ0v) is 22.9. The minimum Gasteiger partial charge on any atom is -0.479 e. The molecule has 1 aromatic rings. The summed E-state index contributed by atoms with van der Waals surface area (Å²) in [6, 6.07) is 7.13. The highest BCUT2D eigenvalue weighted by Crippen LogP contribution is 2.16. The number of hydrogen-bond donors (Lipinski definition) is 2. The van der Waals surface area contributed by atoms with Crippen molar-refractivity contribution >= 4 is 16.0 Å². The molecule has 0 spiro atoms. The number of hydrogen-bond acceptors (Lipinski definition) is 4. The second-order valence-electron chi connectivity index (χ2n) is 9.56. The molecule has 202 valence electrons. The molecule has 0 amide bonds. The van der Waals surface area contributed by atoms with Crippen LogP contribution < -0.4 is 9.46 Å². The van der Waals surface area contributed by atoms with Gasteiger partial charge in [-0.05, 0) is 37.0 Å². The Kier molecular flexibility index (Phi) is 17.6. The van der Waals surface area contributed by atoms with Crippen LogP contribution in [0.25, 0.3) is 0 Å². The second kappa shape index (κ2) is 19.6. The summed E-state index contributed by atoms with van der Waals surface area (Å²) in [7, 11) is -3.24. The maximum absolute atomic E-state index is 12.2. The topological polar surface area (TPSA) is 92.7 Å². The molecule has 0 radical (unpaired) electrons. The molecule has 0 saturated heterocycles. The lowest BCUT2D eigenvalue weighted by Crippen LogP contribution is -2.28. The van der Waals surface area contributed by atoms with Gasteiger partial charge in [0.15, 0.2) is 6.10 Å². The van der Waals surface area contributed by atoms with Crippen molar-refractivity contribution in [1.29, 1.82) is 0 Å². The normalized spacial score (nSPS) is 12.5. The molecule has 7 heteroatoms. The van der Waals surface area contributed by atoms with E-state index in [1.165, 1.54) is 70.6 Å². The lowest BCUT2D eigenvalue weighted by atomic mass is 10.0. The number of unbranched alkanes of at least 4 members (excludes halogenated alkanes) is 13. The molecule has 1 aromatic carbocycles. The van der Waals surface area contributed by atoms with Crippen LogP contribution in [0.4, 0.5) is 0 Å². The number of sulfonamides is 1. The summed E-state index contributed by atoms with van der Waals surface area (Å²) >= 11 is 0. The van der Waals surface area contributed by atoms with Crippen LogP contribution in [0.5, 0.6) is 5.75 Å². The standard InChI is InChI=1S/C28H49NO5S/c1-3-5-6-7-8-9-10-11-12-13-14-15-16-17-24-35(32,33)29-23-22-25-18-20-26(21-19-25)34-27(4-2)28(30)31/h18-21,27,29H,3-17,22-24H2,1-2H3,(H,30,31). The van der Waals surface area contributed by atoms with Gasteiger partial charge in [0.05, 0.1) is 5.75 Å². The number of benzene rings is 1. The Hall–Kier alpha value is -1.60. The number of carboxylic acids is 1. The van der Waals surface area contributed by atoms with Crippen molar-refractivity contribution in [2.24, 2.45) is 0 Å². The summed E-state index contributed by atoms with van der Waals surface area (Å²) in [6.45, 7) is 4.37. The lowest BCUT2D eigenvalue weighted by Gasteiger charge is -2.13. The Bertz CT molecular complexity index is 764. The number of carbonyl (C=O) groups is 1. The number of aliphatic carboxylic acids is 1. The molecule has 2 N–H and O–H groups in total. The fraction of sp³-hybridized carbons (Fsp3) is 0.750. The Balaban J connectivity index is 2.05. The Labute approximate surface area is 214 Å². The summed E-state index contributed by atoms with van der Waals surface area (Å²) in [6.07, 6.45) is 17.6. The molecule has 1 rings (SSSR count). The fourth-order valence-electron chi connectivity index (χ4n) is 4.12. The first-order chi connectivity index (χ1) is 16.9. The largest absolute Gasteiger partial charge is 0.479 e. The highest BCUT2D eigenvalue weighted by Gasteiger charge is 2.16. The first-order valence-electron chi connectivity index (χ1n) is 13.8. The van der Waals surface area contributed by atoms with Crippen LogP contribution in [0.3, 0.4) is 0 Å². The van der Waals surface area contributed by atoms with Gasteiger partial charge in [0, 0.05) is 6.54 Å². The average Bonchev–Trinajstić information content (AvgIpc) is 2.83. The van der Waals surface area contributed by atoms with Gasteiger partial charge in [0.2, 0.25) is 10.0 Å². The molecule has 0 bridgehead atoms. The van der Waals surface area contributed by atoms with E-state index in [0.29, 0.717) is 31.6 Å². The SMILES string of the molecule is CCCCCCCCCCCCCCCCS(=O)(=O)NCCc1ccc(OC(CC)C(=O)O)cc1. The molecule has 35 heavy (non-hydrogen) atoms. The third-order valence-electron chi connectivity index (χ3n) is 6.35. The maximum Gasteiger partial charge on any atom is 0.344 e. The van der Waals surface area contributed by atoms with E-state index >= 15 is 0 Å². The first-order valence-corrected chi connectivity index (χ1v) is 15.5. The van der Waals surface area contributed by atoms with Gasteiger partial charge in [-0.2, -0.15) is 0 Å². The molecule has 1 atom stereocenters. The molecule has 0 saturated carbocycles. The van der Waals surface area contributed by atoms with Crippen molar-refractivity contribution in [3.8, 4) is 5.75 Å². The van der Waals surface area contributed by atoms with Gasteiger partial charge in [0.25, 0.3) is 0 Å². The van der Waals surface area contributed by atoms with Crippen LogP contribution in [-0.4, -0.2) is 37.9 Å². The van der Waals surface area contributed by atoms with Crippen LogP contribution in [0.1, 0.15) is 116 Å². The van der Waals surface area contributed by atoms with Crippen molar-refractivity contribution in [1.82, 2.24) is 4.72 Å². The van der Waals surface area contributed by atoms with Crippen LogP contribution in [0, 0.1) is 0 Å². The molecule has 0 aliphatic heterocycles. The monoisotopic (exact) mass is 511 g/mol. The number of rotatable bonds is 23. The van der Waals surface area contributed by atoms with E-state index in [1.807, 2.05) is 12.1 Å². The van der Waals surface area contributed by atoms with Crippen molar-refractivity contribution in [2.45, 2.75) is 123 Å². The van der Waals surface area contributed by atoms with Gasteiger partial charge in [-0.3, -0.25) is 0 Å². The molecular weight excluding hydrogens is 462 g/mol. The third-order valence-corrected chi connectivity index (χ3v) is 7.82. The zero-order chi connectivity index (χ0) is 25.8. The van der Waals surface area contributed by atoms with E-state index < -0.39 is 22.1 Å². The number of carboxylic acid groups (broad SMARTS) is 1. The predicted molar refractivity (Wildman–Crippen MR) is 145 cm³/mol. The smallest absolute Gasteiger partial charge is 0.344 e. The average molecular weight is 512 g/mol. The van der Waals surface area contributed by atoms with Crippen LogP contribution in [-0.2, 0) is 21.2 Å². The number of ether oxygens (including phenoxy) is 1. The van der Waals surface area contributed by atoms with Crippen LogP contribution in [0.15, 0.2) is 24.3 Å². The Morgan fingerprint density at radius 1 is 0.829 bits per heavy atom. The van der Waals surface area contributed by atoms with Crippen molar-refractivity contribution in [3.63, 3.8) is 0 Å². The van der Waals surface area contributed by atoms with Gasteiger partial charge in [-0.25, -0.2) is 17.9 Å². The molecule has 0 aromatic heterocycles. The van der Waals surface area contributed by atoms with Crippen molar-refractivity contribution in [2.75, 3.05) is 12.3 Å². The maximum atomic E-state index is 12.2. The summed E-state index contributed by atoms with van der Waals surface area (Å²) in [5.74, 6) is -0.294. The summed E-state index contributed by atoms with van der Waals surface area (Å²) in [5.41, 5.74) is 0.972. The summed E-state index contributed by atoms with van der Waals surface area (Å²) in [5, 5.41) is 9.07. The zero-order valence-electron chi connectivity index (χ0n) is 22.1. The van der Waals surface area contributed by atoms with Crippen molar-refractivity contribution in [3.05, 3.63) is 29.8 Å². The van der Waals surface area contributed by atoms with E-state index in [4.69, 9.17) is 9.84 Å². The first kappa shape index (κ1) is 31.4. The molecule has 0 fully saturated rings. The summed E-state index contributed by atoms with van der Waals surface area (Å²) in [4.78, 5) is 11.1. The highest BCUT2D eigenvalue weighted by molar-refractivity contribution is 7.89. The molecule has 0 heterocycles. The second-order valence-corrected chi connectivity index (χ2v) is 11.5. The predicted octanol–water partition coefficient (Wildman–Crippen LogP) is 6.87. The molecule has 6 nitrogen and oxygen atoms in total. The van der Waals surface area contributed by atoms with Gasteiger partial charge >= 0.3 is 5.97 Å². The molecule has 1 unspecified atom stereocenters. The van der Waals surface area contributed by atoms with Crippen LogP contribution in [0.2, 0.25) is 0 Å². The van der Waals surface area contributed by atoms with Gasteiger partial charge in [0.1, 0.15) is 5.75 Å². The lowest BCUT2D eigenvalue weighted by molar-refractivity contribution is -0.145. The van der Waals surface area contributed by atoms with E-state index in [-0.39, 0.29) is 5.75 Å². The Morgan fingerprint density at radius 3 is 1.77 bits per heavy atom. The Morgan fingerprint density at radius 2 is 1.31 bits per heavy atom. The van der Waals surface area contributed by atoms with Gasteiger partial charge in [-0.1, -0.05) is 109 Å². The minimum absolute atomic E-state index is 0.186. The van der Waals surface area contributed by atoms with E-state index in [0.717, 1.165) is 18.4 Å². The third kappa shape index (κ3) is 16.7. The fourth-order valence-corrected chi connectivity index (χ4v) is 5.26. The van der Waals surface area contributed by atoms with Crippen LogP contribution >= 0.6 is 0 Å². The minimum atomic E-state index is -3.24. The van der Waals surface area contributed by atoms with Gasteiger partial charge in [-0.15, -0.1) is 0 Å². The van der Waals surface area contributed by atoms with E-state index in [1.54, 1.807) is 19.1 Å². The summed E-state index contributed by atoms with van der Waals surface area (Å²) < 4.78 is 32.6. The molecular formula is C28H49NO5S. The molecule has 0 aliphatic rings. The van der Waals surface area contributed by atoms with Crippen molar-refractivity contribution < 1.29 is 23.1 Å². The van der Waals surface area contributed by atoms with E-state index in [9.17, 15) is 13.2 Å². The highest BCUT2D eigenvalue weighted by atomic mass is 32.2. The van der Waals surface area contributed by atoms with Gasteiger partial charge < -0.3 is 9.84 Å². The number of nitrogens with one attached hydrogen (secondary N) is 1. The quantitative estimate of drug-likeness (QED) is 0.156. The molecule has 0 aliphatic carbocycles. The van der Waals surface area contributed by atoms with E-state index in [2.05, 4.69) is 11.6 Å².